The highest BCUT2D eigenvalue weighted by Gasteiger charge is 2.25. The average Bonchev–Trinajstić information content (AvgIpc) is 3.38. The highest BCUT2D eigenvalue weighted by molar-refractivity contribution is 6.06. The molecule has 0 aliphatic heterocycles. The Labute approximate surface area is 164 Å². The predicted octanol–water partition coefficient (Wildman–Crippen LogP) is 4.90. The van der Waals surface area contributed by atoms with Crippen LogP contribution in [-0.2, 0) is 0 Å². The number of amides is 1. The van der Waals surface area contributed by atoms with Crippen LogP contribution in [0.15, 0.2) is 51.6 Å². The maximum absolute atomic E-state index is 13.6. The molecule has 0 spiro atoms. The van der Waals surface area contributed by atoms with Gasteiger partial charge in [-0.15, -0.1) is 0 Å². The Morgan fingerprint density at radius 2 is 1.97 bits per heavy atom. The van der Waals surface area contributed by atoms with Gasteiger partial charge < -0.3 is 13.8 Å². The molecule has 0 aliphatic carbocycles. The zero-order chi connectivity index (χ0) is 20.7. The van der Waals surface area contributed by atoms with Gasteiger partial charge in [0.1, 0.15) is 5.69 Å². The number of halogens is 2. The first-order valence-electron chi connectivity index (χ1n) is 8.90. The molecule has 4 rings (SSSR count). The molecule has 3 heterocycles. The molecule has 0 saturated heterocycles. The van der Waals surface area contributed by atoms with E-state index in [1.54, 1.807) is 39.1 Å². The Hall–Kier alpha value is -3.55. The fourth-order valence-corrected chi connectivity index (χ4v) is 3.18. The summed E-state index contributed by atoms with van der Waals surface area (Å²) in [5.74, 6) is -1.76. The number of furan rings is 1. The van der Waals surface area contributed by atoms with Crippen LogP contribution in [0.3, 0.4) is 0 Å². The van der Waals surface area contributed by atoms with Crippen molar-refractivity contribution in [3.8, 4) is 11.5 Å². The van der Waals surface area contributed by atoms with Crippen molar-refractivity contribution in [2.45, 2.75) is 19.9 Å². The number of carbonyl (C=O) groups excluding carboxylic acids is 1. The van der Waals surface area contributed by atoms with E-state index in [1.807, 2.05) is 0 Å². The van der Waals surface area contributed by atoms with Crippen molar-refractivity contribution in [3.05, 3.63) is 71.1 Å². The van der Waals surface area contributed by atoms with Crippen molar-refractivity contribution in [3.63, 3.8) is 0 Å². The molecule has 148 valence electrons. The second kappa shape index (κ2) is 7.12. The van der Waals surface area contributed by atoms with Gasteiger partial charge in [-0.1, -0.05) is 11.2 Å². The van der Waals surface area contributed by atoms with Gasteiger partial charge in [-0.2, -0.15) is 0 Å². The number of aryl methyl sites for hydroxylation is 1. The van der Waals surface area contributed by atoms with Crippen molar-refractivity contribution in [2.24, 2.45) is 0 Å². The summed E-state index contributed by atoms with van der Waals surface area (Å²) in [6.07, 6.45) is 1.51. The fourth-order valence-electron chi connectivity index (χ4n) is 3.18. The van der Waals surface area contributed by atoms with Gasteiger partial charge in [-0.3, -0.25) is 4.79 Å². The van der Waals surface area contributed by atoms with Crippen molar-refractivity contribution >= 4 is 17.0 Å². The molecule has 0 aliphatic rings. The summed E-state index contributed by atoms with van der Waals surface area (Å²) in [5.41, 5.74) is 1.97. The smallest absolute Gasteiger partial charge is 0.259 e. The molecule has 1 unspecified atom stereocenters. The summed E-state index contributed by atoms with van der Waals surface area (Å²) >= 11 is 0. The maximum Gasteiger partial charge on any atom is 0.259 e. The highest BCUT2D eigenvalue weighted by Crippen LogP contribution is 2.30. The number of nitrogens with zero attached hydrogens (tertiary/aromatic N) is 3. The minimum absolute atomic E-state index is 0.216. The molecule has 29 heavy (non-hydrogen) atoms. The molecule has 4 aromatic rings. The molecule has 0 N–H and O–H groups in total. The van der Waals surface area contributed by atoms with Crippen molar-refractivity contribution < 1.29 is 22.5 Å². The van der Waals surface area contributed by atoms with E-state index in [2.05, 4.69) is 10.1 Å². The van der Waals surface area contributed by atoms with Gasteiger partial charge >= 0.3 is 0 Å². The van der Waals surface area contributed by atoms with Crippen LogP contribution in [-0.4, -0.2) is 28.0 Å². The van der Waals surface area contributed by atoms with E-state index < -0.39 is 17.7 Å². The largest absolute Gasteiger partial charge is 0.463 e. The van der Waals surface area contributed by atoms with Crippen LogP contribution in [0.2, 0.25) is 0 Å². The number of fused-ring (bicyclic) bond motifs is 1. The molecule has 0 saturated carbocycles. The second-order valence-corrected chi connectivity index (χ2v) is 6.75. The van der Waals surface area contributed by atoms with Crippen LogP contribution in [0, 0.1) is 18.6 Å². The second-order valence-electron chi connectivity index (χ2n) is 6.75. The standard InChI is InChI=1S/C21H17F2N3O3/c1-11-19-14(10-17(18-5-4-8-28-18)24-20(19)29-25-11)21(27)26(3)12(2)13-6-7-15(22)16(23)9-13/h4-10,12H,1-3H3. The lowest BCUT2D eigenvalue weighted by Crippen LogP contribution is -2.30. The number of hydrogen-bond donors (Lipinski definition) is 0. The van der Waals surface area contributed by atoms with E-state index in [1.165, 1.54) is 17.2 Å². The Bertz CT molecular complexity index is 1200. The van der Waals surface area contributed by atoms with Crippen molar-refractivity contribution in [1.29, 1.82) is 0 Å². The molecule has 0 radical (unpaired) electrons. The third-order valence-corrected chi connectivity index (χ3v) is 4.95. The van der Waals surface area contributed by atoms with E-state index in [-0.39, 0.29) is 11.6 Å². The van der Waals surface area contributed by atoms with Gasteiger partial charge in [0.25, 0.3) is 11.6 Å². The SMILES string of the molecule is Cc1noc2nc(-c3ccco3)cc(C(=O)N(C)C(C)c3ccc(F)c(F)c3)c12. The quantitative estimate of drug-likeness (QED) is 0.490. The molecule has 1 aromatic carbocycles. The van der Waals surface area contributed by atoms with E-state index in [0.29, 0.717) is 33.7 Å². The Morgan fingerprint density at radius 3 is 2.66 bits per heavy atom. The van der Waals surface area contributed by atoms with Gasteiger partial charge in [0.05, 0.1) is 28.9 Å². The molecule has 1 amide bonds. The highest BCUT2D eigenvalue weighted by atomic mass is 19.2. The predicted molar refractivity (Wildman–Crippen MR) is 101 cm³/mol. The first-order valence-corrected chi connectivity index (χ1v) is 8.90. The summed E-state index contributed by atoms with van der Waals surface area (Å²) < 4.78 is 37.6. The number of carbonyl (C=O) groups is 1. The number of aromatic nitrogens is 2. The third-order valence-electron chi connectivity index (χ3n) is 4.95. The van der Waals surface area contributed by atoms with Gasteiger partial charge in [-0.25, -0.2) is 13.8 Å². The van der Waals surface area contributed by atoms with Gasteiger partial charge in [0.2, 0.25) is 0 Å². The molecule has 8 heteroatoms. The van der Waals surface area contributed by atoms with Crippen molar-refractivity contribution in [1.82, 2.24) is 15.0 Å². The normalized spacial score (nSPS) is 12.3. The first-order chi connectivity index (χ1) is 13.9. The molecule has 6 nitrogen and oxygen atoms in total. The summed E-state index contributed by atoms with van der Waals surface area (Å²) in [7, 11) is 1.59. The van der Waals surface area contributed by atoms with Gasteiger partial charge in [-0.05, 0) is 49.7 Å². The zero-order valence-corrected chi connectivity index (χ0v) is 15.9. The summed E-state index contributed by atoms with van der Waals surface area (Å²) in [5, 5.41) is 4.41. The number of pyridine rings is 1. The number of hydrogen-bond acceptors (Lipinski definition) is 5. The summed E-state index contributed by atoms with van der Waals surface area (Å²) in [6.45, 7) is 3.45. The van der Waals surface area contributed by atoms with Crippen LogP contribution in [0.4, 0.5) is 8.78 Å². The number of benzene rings is 1. The Balaban J connectivity index is 1.77. The van der Waals surface area contributed by atoms with E-state index in [4.69, 9.17) is 8.94 Å². The van der Waals surface area contributed by atoms with E-state index in [0.717, 1.165) is 12.1 Å². The maximum atomic E-state index is 13.6. The Morgan fingerprint density at radius 1 is 1.17 bits per heavy atom. The summed E-state index contributed by atoms with van der Waals surface area (Å²) in [6, 6.07) is 8.13. The van der Waals surface area contributed by atoms with Crippen LogP contribution in [0.5, 0.6) is 0 Å². The van der Waals surface area contributed by atoms with Crippen LogP contribution >= 0.6 is 0 Å². The molecule has 0 fully saturated rings. The lowest BCUT2D eigenvalue weighted by atomic mass is 10.0. The van der Waals surface area contributed by atoms with Crippen LogP contribution in [0.25, 0.3) is 22.6 Å². The minimum Gasteiger partial charge on any atom is -0.463 e. The summed E-state index contributed by atoms with van der Waals surface area (Å²) in [4.78, 5) is 19.2. The monoisotopic (exact) mass is 397 g/mol. The Kier molecular flexibility index (Phi) is 4.62. The molecule has 0 bridgehead atoms. The van der Waals surface area contributed by atoms with E-state index in [9.17, 15) is 13.6 Å². The third kappa shape index (κ3) is 3.26. The molecule has 1 atom stereocenters. The lowest BCUT2D eigenvalue weighted by molar-refractivity contribution is 0.0744. The lowest BCUT2D eigenvalue weighted by Gasteiger charge is -2.26. The van der Waals surface area contributed by atoms with Crippen LogP contribution in [0.1, 0.15) is 34.6 Å². The zero-order valence-electron chi connectivity index (χ0n) is 15.9. The number of rotatable bonds is 4. The molecular weight excluding hydrogens is 380 g/mol. The van der Waals surface area contributed by atoms with E-state index >= 15 is 0 Å². The minimum atomic E-state index is -0.962. The topological polar surface area (TPSA) is 72.4 Å². The first kappa shape index (κ1) is 18.8. The fraction of sp³-hybridized carbons (Fsp3) is 0.190. The molecular formula is C21H17F2N3O3. The van der Waals surface area contributed by atoms with Crippen molar-refractivity contribution in [2.75, 3.05) is 7.05 Å². The average molecular weight is 397 g/mol. The molecule has 3 aromatic heterocycles. The van der Waals surface area contributed by atoms with Gasteiger partial charge in [0, 0.05) is 7.05 Å². The van der Waals surface area contributed by atoms with Gasteiger partial charge in [0.15, 0.2) is 17.4 Å². The van der Waals surface area contributed by atoms with Crippen LogP contribution < -0.4 is 0 Å².